The number of pyridine rings is 1. The third kappa shape index (κ3) is 4.80. The Morgan fingerprint density at radius 2 is 1.80 bits per heavy atom. The summed E-state index contributed by atoms with van der Waals surface area (Å²) in [4.78, 5) is 26.4. The largest absolute Gasteiger partial charge is 0.416 e. The van der Waals surface area contributed by atoms with Gasteiger partial charge in [0.2, 0.25) is 0 Å². The fourth-order valence-electron chi connectivity index (χ4n) is 5.08. The van der Waals surface area contributed by atoms with E-state index in [-0.39, 0.29) is 17.4 Å². The zero-order valence-electron chi connectivity index (χ0n) is 19.5. The van der Waals surface area contributed by atoms with Crippen LogP contribution in [0.2, 0.25) is 0 Å². The molecule has 4 heterocycles. The maximum atomic E-state index is 13.5. The van der Waals surface area contributed by atoms with Gasteiger partial charge >= 0.3 is 6.18 Å². The quantitative estimate of drug-likeness (QED) is 0.551. The first kappa shape index (κ1) is 23.5. The van der Waals surface area contributed by atoms with Crippen molar-refractivity contribution >= 4 is 5.91 Å². The molecule has 2 aliphatic heterocycles. The predicted octanol–water partition coefficient (Wildman–Crippen LogP) is 4.36. The molecular formula is C25H27F3N6O. The molecule has 184 valence electrons. The third-order valence-electron chi connectivity index (χ3n) is 6.94. The van der Waals surface area contributed by atoms with Gasteiger partial charge in [0.05, 0.1) is 5.56 Å². The minimum Gasteiger partial charge on any atom is -0.337 e. The van der Waals surface area contributed by atoms with Gasteiger partial charge in [0, 0.05) is 24.7 Å². The molecule has 2 saturated heterocycles. The summed E-state index contributed by atoms with van der Waals surface area (Å²) in [7, 11) is 0. The van der Waals surface area contributed by atoms with Crippen LogP contribution in [0.3, 0.4) is 0 Å². The molecule has 3 aromatic rings. The van der Waals surface area contributed by atoms with Gasteiger partial charge in [-0.1, -0.05) is 12.1 Å². The van der Waals surface area contributed by atoms with Gasteiger partial charge in [0.25, 0.3) is 5.91 Å². The van der Waals surface area contributed by atoms with Gasteiger partial charge in [-0.15, -0.1) is 0 Å². The monoisotopic (exact) mass is 484 g/mol. The van der Waals surface area contributed by atoms with Crippen LogP contribution in [0.1, 0.15) is 47.3 Å². The fourth-order valence-corrected chi connectivity index (χ4v) is 5.08. The number of carbonyl (C=O) groups excluding carboxylic acids is 1. The minimum atomic E-state index is -4.47. The smallest absolute Gasteiger partial charge is 0.337 e. The number of alkyl halides is 3. The number of aromatic nitrogens is 4. The summed E-state index contributed by atoms with van der Waals surface area (Å²) in [6, 6.07) is 7.30. The van der Waals surface area contributed by atoms with Crippen molar-refractivity contribution in [3.63, 3.8) is 0 Å². The summed E-state index contributed by atoms with van der Waals surface area (Å²) >= 11 is 0. The lowest BCUT2D eigenvalue weighted by Gasteiger charge is -2.36. The Morgan fingerprint density at radius 1 is 1.06 bits per heavy atom. The van der Waals surface area contributed by atoms with Crippen molar-refractivity contribution in [1.29, 1.82) is 0 Å². The van der Waals surface area contributed by atoms with Crippen LogP contribution in [0.15, 0.2) is 43.0 Å². The van der Waals surface area contributed by atoms with E-state index in [1.54, 1.807) is 19.1 Å². The molecule has 2 fully saturated rings. The van der Waals surface area contributed by atoms with Crippen LogP contribution in [0.5, 0.6) is 0 Å². The molecule has 7 nitrogen and oxygen atoms in total. The first-order chi connectivity index (χ1) is 16.8. The highest BCUT2D eigenvalue weighted by molar-refractivity contribution is 5.95. The number of halogens is 3. The van der Waals surface area contributed by atoms with Crippen molar-refractivity contribution in [2.45, 2.75) is 44.8 Å². The van der Waals surface area contributed by atoms with Crippen LogP contribution in [0, 0.1) is 6.92 Å². The number of rotatable bonds is 4. The average molecular weight is 485 g/mol. The second-order valence-corrected chi connectivity index (χ2v) is 9.21. The maximum Gasteiger partial charge on any atom is 0.416 e. The van der Waals surface area contributed by atoms with Crippen LogP contribution < -0.4 is 0 Å². The van der Waals surface area contributed by atoms with Gasteiger partial charge in [-0.05, 0) is 75.0 Å². The molecule has 1 aromatic carbocycles. The fraction of sp³-hybridized carbons (Fsp3) is 0.440. The zero-order valence-corrected chi connectivity index (χ0v) is 19.5. The molecule has 0 aliphatic carbocycles. The predicted molar refractivity (Wildman–Crippen MR) is 124 cm³/mol. The summed E-state index contributed by atoms with van der Waals surface area (Å²) in [6.07, 6.45) is 2.62. The second kappa shape index (κ2) is 9.41. The van der Waals surface area contributed by atoms with Crippen LogP contribution in [0.4, 0.5) is 13.2 Å². The number of benzene rings is 1. The summed E-state index contributed by atoms with van der Waals surface area (Å²) in [5, 5.41) is 4.13. The molecule has 10 heteroatoms. The van der Waals surface area contributed by atoms with Crippen molar-refractivity contribution in [2.75, 3.05) is 26.2 Å². The Hall–Kier alpha value is -3.27. The molecule has 0 unspecified atom stereocenters. The van der Waals surface area contributed by atoms with E-state index < -0.39 is 11.7 Å². The van der Waals surface area contributed by atoms with E-state index in [4.69, 9.17) is 0 Å². The lowest BCUT2D eigenvalue weighted by atomic mass is 9.99. The van der Waals surface area contributed by atoms with Gasteiger partial charge in [-0.25, -0.2) is 14.6 Å². The highest BCUT2D eigenvalue weighted by Gasteiger charge is 2.32. The molecule has 2 aliphatic rings. The van der Waals surface area contributed by atoms with E-state index in [0.717, 1.165) is 38.1 Å². The Balaban J connectivity index is 1.46. The highest BCUT2D eigenvalue weighted by Crippen LogP contribution is 2.34. The average Bonchev–Trinajstić information content (AvgIpc) is 3.58. The van der Waals surface area contributed by atoms with E-state index in [0.29, 0.717) is 35.8 Å². The molecule has 0 atom stereocenters. The van der Waals surface area contributed by atoms with Crippen molar-refractivity contribution < 1.29 is 18.0 Å². The molecule has 2 aromatic heterocycles. The number of piperidine rings is 1. The lowest BCUT2D eigenvalue weighted by Crippen LogP contribution is -2.46. The number of likely N-dealkylation sites (tertiary alicyclic amines) is 2. The summed E-state index contributed by atoms with van der Waals surface area (Å²) in [5.41, 5.74) is 0.923. The van der Waals surface area contributed by atoms with Crippen LogP contribution in [0.25, 0.3) is 16.9 Å². The molecule has 5 rings (SSSR count). The normalized spacial score (nSPS) is 17.8. The molecule has 0 radical (unpaired) electrons. The van der Waals surface area contributed by atoms with E-state index in [2.05, 4.69) is 20.0 Å². The molecule has 0 bridgehead atoms. The highest BCUT2D eigenvalue weighted by atomic mass is 19.4. The van der Waals surface area contributed by atoms with Gasteiger partial charge in [0.15, 0.2) is 5.82 Å². The molecule has 0 spiro atoms. The number of hydrogen-bond acceptors (Lipinski definition) is 5. The Bertz CT molecular complexity index is 1200. The van der Waals surface area contributed by atoms with Crippen LogP contribution in [-0.4, -0.2) is 67.7 Å². The van der Waals surface area contributed by atoms with Gasteiger partial charge in [0.1, 0.15) is 18.3 Å². The van der Waals surface area contributed by atoms with E-state index >= 15 is 0 Å². The molecule has 0 N–H and O–H groups in total. The maximum absolute atomic E-state index is 13.5. The first-order valence-electron chi connectivity index (χ1n) is 11.9. The molecule has 0 saturated carbocycles. The van der Waals surface area contributed by atoms with Crippen molar-refractivity contribution in [2.24, 2.45) is 0 Å². The van der Waals surface area contributed by atoms with E-state index in [1.165, 1.54) is 36.2 Å². The van der Waals surface area contributed by atoms with Gasteiger partial charge in [-0.2, -0.15) is 18.3 Å². The van der Waals surface area contributed by atoms with Crippen molar-refractivity contribution in [1.82, 2.24) is 29.5 Å². The zero-order chi connectivity index (χ0) is 24.6. The van der Waals surface area contributed by atoms with Crippen molar-refractivity contribution in [3.8, 4) is 16.9 Å². The van der Waals surface area contributed by atoms with Gasteiger partial charge in [-0.3, -0.25) is 4.79 Å². The Morgan fingerprint density at radius 3 is 2.46 bits per heavy atom. The standard InChI is InChI=1S/C25H27F3N6O/c1-17-13-21(18-5-4-6-19(14-18)25(26,27)28)23(34-16-29-15-30-34)31-22(17)24(35)33-11-7-20(8-12-33)32-9-2-3-10-32/h4-6,13-16,20H,2-3,7-12H2,1H3. The molecule has 1 amide bonds. The summed E-state index contributed by atoms with van der Waals surface area (Å²) in [6.45, 7) is 5.36. The molecule has 35 heavy (non-hydrogen) atoms. The van der Waals surface area contributed by atoms with E-state index in [1.807, 2.05) is 4.90 Å². The second-order valence-electron chi connectivity index (χ2n) is 9.21. The summed E-state index contributed by atoms with van der Waals surface area (Å²) in [5.74, 6) is 0.0991. The number of nitrogens with zero attached hydrogens (tertiary/aromatic N) is 6. The lowest BCUT2D eigenvalue weighted by molar-refractivity contribution is -0.137. The number of aryl methyl sites for hydroxylation is 1. The van der Waals surface area contributed by atoms with Crippen LogP contribution in [-0.2, 0) is 6.18 Å². The van der Waals surface area contributed by atoms with E-state index in [9.17, 15) is 18.0 Å². The number of amides is 1. The third-order valence-corrected chi connectivity index (χ3v) is 6.94. The topological polar surface area (TPSA) is 67.2 Å². The number of hydrogen-bond donors (Lipinski definition) is 0. The minimum absolute atomic E-state index is 0.167. The molecular weight excluding hydrogens is 457 g/mol. The first-order valence-corrected chi connectivity index (χ1v) is 11.9. The van der Waals surface area contributed by atoms with Crippen molar-refractivity contribution in [3.05, 3.63) is 59.8 Å². The Kier molecular flexibility index (Phi) is 6.31. The SMILES string of the molecule is Cc1cc(-c2cccc(C(F)(F)F)c2)c(-n2cncn2)nc1C(=O)N1CCC(N2CCCC2)CC1. The Labute approximate surface area is 201 Å². The number of carbonyl (C=O) groups is 1. The van der Waals surface area contributed by atoms with Crippen LogP contribution >= 0.6 is 0 Å². The summed E-state index contributed by atoms with van der Waals surface area (Å²) < 4.78 is 41.4. The van der Waals surface area contributed by atoms with Gasteiger partial charge < -0.3 is 9.80 Å².